The molecule has 0 amide bonds. The van der Waals surface area contributed by atoms with E-state index in [1.807, 2.05) is 26.8 Å². The van der Waals surface area contributed by atoms with Crippen molar-refractivity contribution in [2.75, 3.05) is 0 Å². The van der Waals surface area contributed by atoms with E-state index in [0.717, 1.165) is 48.8 Å². The van der Waals surface area contributed by atoms with Gasteiger partial charge >= 0.3 is 16.3 Å². The molecule has 0 aromatic heterocycles. The Hall–Kier alpha value is -2.38. The van der Waals surface area contributed by atoms with Crippen molar-refractivity contribution in [3.8, 4) is 16.9 Å². The minimum Gasteiger partial charge on any atom is -0.463 e. The summed E-state index contributed by atoms with van der Waals surface area (Å²) in [5.74, 6) is 0.741. The lowest BCUT2D eigenvalue weighted by Gasteiger charge is -2.60. The first-order chi connectivity index (χ1) is 17.7. The normalized spacial score (nSPS) is 28.5. The lowest BCUT2D eigenvalue weighted by atomic mass is 9.47. The number of hydrogen-bond donors (Lipinski definition) is 1. The number of carbonyl (C=O) groups excluding carboxylic acids is 1. The molecule has 0 saturated heterocycles. The SMILES string of the molecule is Cc1ccc(OS(=O)(=O)NC23CC4CC(C2)CC(C(=O)OC(C)C)(C4)C3)cc1-c1ccc(C(C)(C)C)cc1. The summed E-state index contributed by atoms with van der Waals surface area (Å²) in [5.41, 5.74) is 3.00. The molecule has 4 aliphatic rings. The van der Waals surface area contributed by atoms with Crippen LogP contribution in [0.1, 0.15) is 84.3 Å². The van der Waals surface area contributed by atoms with Crippen LogP contribution in [-0.2, 0) is 25.3 Å². The van der Waals surface area contributed by atoms with Crippen LogP contribution in [0, 0.1) is 24.2 Å². The van der Waals surface area contributed by atoms with Crippen LogP contribution >= 0.6 is 0 Å². The fraction of sp³-hybridized carbons (Fsp3) is 0.581. The number of nitrogens with one attached hydrogen (secondary N) is 1. The van der Waals surface area contributed by atoms with Gasteiger partial charge in [0.25, 0.3) is 0 Å². The predicted octanol–water partition coefficient (Wildman–Crippen LogP) is 6.46. The van der Waals surface area contributed by atoms with Crippen molar-refractivity contribution in [3.05, 3.63) is 53.6 Å². The number of hydrogen-bond acceptors (Lipinski definition) is 5. The zero-order chi connectivity index (χ0) is 27.5. The van der Waals surface area contributed by atoms with Crippen LogP contribution in [0.15, 0.2) is 42.5 Å². The molecule has 2 atom stereocenters. The van der Waals surface area contributed by atoms with E-state index in [1.165, 1.54) is 5.56 Å². The van der Waals surface area contributed by atoms with Gasteiger partial charge < -0.3 is 8.92 Å². The molecule has 7 heteroatoms. The van der Waals surface area contributed by atoms with Crippen LogP contribution in [-0.4, -0.2) is 26.0 Å². The first-order valence-electron chi connectivity index (χ1n) is 13.8. The van der Waals surface area contributed by atoms with Gasteiger partial charge in [-0.3, -0.25) is 4.79 Å². The maximum atomic E-state index is 13.4. The molecular formula is C31H41NO5S. The van der Waals surface area contributed by atoms with Crippen LogP contribution in [0.25, 0.3) is 11.1 Å². The Bertz CT molecular complexity index is 1310. The Morgan fingerprint density at radius 3 is 2.21 bits per heavy atom. The van der Waals surface area contributed by atoms with Crippen molar-refractivity contribution in [1.82, 2.24) is 4.72 Å². The third-order valence-electron chi connectivity index (χ3n) is 8.66. The zero-order valence-electron chi connectivity index (χ0n) is 23.5. The summed E-state index contributed by atoms with van der Waals surface area (Å²) in [7, 11) is -4.11. The Morgan fingerprint density at radius 2 is 1.63 bits per heavy atom. The van der Waals surface area contributed by atoms with E-state index in [2.05, 4.69) is 49.8 Å². The lowest BCUT2D eigenvalue weighted by molar-refractivity contribution is -0.178. The molecule has 0 heterocycles. The van der Waals surface area contributed by atoms with E-state index in [9.17, 15) is 13.2 Å². The van der Waals surface area contributed by atoms with Gasteiger partial charge in [0.15, 0.2) is 0 Å². The molecule has 0 aliphatic heterocycles. The molecule has 4 fully saturated rings. The molecule has 2 unspecified atom stereocenters. The van der Waals surface area contributed by atoms with Crippen LogP contribution in [0.3, 0.4) is 0 Å². The van der Waals surface area contributed by atoms with Gasteiger partial charge in [-0.15, -0.1) is 0 Å². The number of esters is 1. The Labute approximate surface area is 227 Å². The van der Waals surface area contributed by atoms with Gasteiger partial charge in [0.2, 0.25) is 0 Å². The number of rotatable bonds is 7. The first-order valence-corrected chi connectivity index (χ1v) is 15.2. The smallest absolute Gasteiger partial charge is 0.383 e. The average Bonchev–Trinajstić information content (AvgIpc) is 2.77. The van der Waals surface area contributed by atoms with Gasteiger partial charge in [0, 0.05) is 5.54 Å². The van der Waals surface area contributed by atoms with E-state index in [4.69, 9.17) is 8.92 Å². The molecule has 206 valence electrons. The summed E-state index contributed by atoms with van der Waals surface area (Å²) in [4.78, 5) is 13.2. The predicted molar refractivity (Wildman–Crippen MR) is 149 cm³/mol. The van der Waals surface area contributed by atoms with Crippen molar-refractivity contribution in [3.63, 3.8) is 0 Å². The second kappa shape index (κ2) is 9.37. The molecule has 6 nitrogen and oxygen atoms in total. The molecule has 6 rings (SSSR count). The largest absolute Gasteiger partial charge is 0.463 e. The minimum absolute atomic E-state index is 0.0552. The molecular weight excluding hydrogens is 498 g/mol. The van der Waals surface area contributed by atoms with Crippen LogP contribution in [0.5, 0.6) is 5.75 Å². The highest BCUT2D eigenvalue weighted by atomic mass is 32.2. The Kier molecular flexibility index (Phi) is 6.71. The highest BCUT2D eigenvalue weighted by Gasteiger charge is 2.62. The summed E-state index contributed by atoms with van der Waals surface area (Å²) >= 11 is 0. The van der Waals surface area contributed by atoms with E-state index >= 15 is 0 Å². The van der Waals surface area contributed by atoms with Crippen LogP contribution in [0.2, 0.25) is 0 Å². The van der Waals surface area contributed by atoms with E-state index in [-0.39, 0.29) is 23.2 Å². The third kappa shape index (κ3) is 5.37. The van der Waals surface area contributed by atoms with Gasteiger partial charge in [-0.05, 0) is 111 Å². The number of benzene rings is 2. The molecule has 2 aromatic carbocycles. The van der Waals surface area contributed by atoms with Crippen LogP contribution < -0.4 is 8.91 Å². The Balaban J connectivity index is 1.36. The second-order valence-corrected chi connectivity index (χ2v) is 14.7. The van der Waals surface area contributed by atoms with Crippen molar-refractivity contribution >= 4 is 16.3 Å². The van der Waals surface area contributed by atoms with Gasteiger partial charge in [0.1, 0.15) is 5.75 Å². The highest BCUT2D eigenvalue weighted by molar-refractivity contribution is 7.85. The lowest BCUT2D eigenvalue weighted by Crippen LogP contribution is -2.65. The first kappa shape index (κ1) is 27.2. The summed E-state index contributed by atoms with van der Waals surface area (Å²) in [6.45, 7) is 12.3. The molecule has 4 aliphatic carbocycles. The molecule has 4 saturated carbocycles. The molecule has 38 heavy (non-hydrogen) atoms. The molecule has 0 spiro atoms. The Morgan fingerprint density at radius 1 is 1.00 bits per heavy atom. The maximum Gasteiger partial charge on any atom is 0.383 e. The quantitative estimate of drug-likeness (QED) is 0.408. The number of aryl methyl sites for hydroxylation is 1. The van der Waals surface area contributed by atoms with E-state index < -0.39 is 21.3 Å². The van der Waals surface area contributed by atoms with Crippen molar-refractivity contribution in [2.45, 2.75) is 97.1 Å². The van der Waals surface area contributed by atoms with Gasteiger partial charge in [-0.2, -0.15) is 13.1 Å². The highest BCUT2D eigenvalue weighted by Crippen LogP contribution is 2.62. The summed E-state index contributed by atoms with van der Waals surface area (Å²) < 4.78 is 41.0. The second-order valence-electron chi connectivity index (χ2n) is 13.4. The summed E-state index contributed by atoms with van der Waals surface area (Å²) in [5, 5.41) is 0. The van der Waals surface area contributed by atoms with Gasteiger partial charge in [-0.1, -0.05) is 51.1 Å². The van der Waals surface area contributed by atoms with Crippen molar-refractivity contribution < 1.29 is 22.1 Å². The number of carbonyl (C=O) groups is 1. The summed E-state index contributed by atoms with van der Waals surface area (Å²) in [6.07, 6.45) is 4.39. The fourth-order valence-electron chi connectivity index (χ4n) is 7.49. The van der Waals surface area contributed by atoms with Gasteiger partial charge in [-0.25, -0.2) is 0 Å². The van der Waals surface area contributed by atoms with Crippen molar-refractivity contribution in [1.29, 1.82) is 0 Å². The topological polar surface area (TPSA) is 81.7 Å². The van der Waals surface area contributed by atoms with Gasteiger partial charge in [0.05, 0.1) is 11.5 Å². The van der Waals surface area contributed by atoms with E-state index in [0.29, 0.717) is 18.3 Å². The summed E-state index contributed by atoms with van der Waals surface area (Å²) in [6, 6.07) is 13.8. The zero-order valence-corrected chi connectivity index (χ0v) is 24.3. The van der Waals surface area contributed by atoms with Crippen molar-refractivity contribution in [2.24, 2.45) is 17.3 Å². The number of ether oxygens (including phenoxy) is 1. The third-order valence-corrected chi connectivity index (χ3v) is 9.75. The maximum absolute atomic E-state index is 13.4. The molecule has 0 radical (unpaired) electrons. The minimum atomic E-state index is -4.11. The monoisotopic (exact) mass is 539 g/mol. The van der Waals surface area contributed by atoms with Crippen LogP contribution in [0.4, 0.5) is 0 Å². The standard InChI is InChI=1S/C31H41NO5S/c1-20(2)36-28(33)30-15-22-13-23(16-30)18-31(17-22,19-30)32-38(34,35)37-26-12-7-21(3)27(14-26)24-8-10-25(11-9-24)29(4,5)6/h7-12,14,20,22-23,32H,13,15-19H2,1-6H3. The molecule has 2 aromatic rings. The fourth-order valence-corrected chi connectivity index (χ4v) is 8.65. The average molecular weight is 540 g/mol. The molecule has 4 bridgehead atoms. The molecule has 1 N–H and O–H groups in total. The van der Waals surface area contributed by atoms with E-state index in [1.54, 1.807) is 12.1 Å².